The molecule has 0 radical (unpaired) electrons. The molecule has 0 aromatic heterocycles. The summed E-state index contributed by atoms with van der Waals surface area (Å²) >= 11 is 5.88. The second kappa shape index (κ2) is 6.35. The van der Waals surface area contributed by atoms with Gasteiger partial charge in [0.1, 0.15) is 5.82 Å². The maximum atomic E-state index is 13.4. The molecule has 1 amide bonds. The minimum absolute atomic E-state index is 0.0930. The second-order valence-electron chi connectivity index (χ2n) is 4.83. The van der Waals surface area contributed by atoms with Crippen molar-refractivity contribution in [3.63, 3.8) is 0 Å². The molecule has 1 atom stereocenters. The number of hydrogen-bond donors (Lipinski definition) is 1. The zero-order valence-electron chi connectivity index (χ0n) is 10.7. The molecule has 104 valence electrons. The Hall–Kier alpha value is -1.13. The van der Waals surface area contributed by atoms with Crippen molar-refractivity contribution in [2.24, 2.45) is 5.73 Å². The lowest BCUT2D eigenvalue weighted by atomic mass is 9.98. The molecule has 1 heterocycles. The van der Waals surface area contributed by atoms with Crippen molar-refractivity contribution in [2.75, 3.05) is 13.1 Å². The van der Waals surface area contributed by atoms with Crippen molar-refractivity contribution in [3.05, 3.63) is 34.6 Å². The molecule has 2 rings (SSSR count). The lowest BCUT2D eigenvalue weighted by molar-refractivity contribution is 0.0604. The standard InChI is InChI=1S/C14H18ClFN2O/c15-13-11(5-3-6-12(13)16)14(19)18-9-2-1-4-10(18)7-8-17/h3,5-6,10H,1-2,4,7-9,17H2/t10-/m1/s1. The topological polar surface area (TPSA) is 46.3 Å². The Bertz CT molecular complexity index is 465. The largest absolute Gasteiger partial charge is 0.336 e. The molecule has 0 saturated carbocycles. The number of benzene rings is 1. The van der Waals surface area contributed by atoms with E-state index in [0.29, 0.717) is 13.1 Å². The molecule has 1 fully saturated rings. The van der Waals surface area contributed by atoms with Crippen LogP contribution in [0.1, 0.15) is 36.0 Å². The number of halogens is 2. The average Bonchev–Trinajstić information content (AvgIpc) is 2.42. The van der Waals surface area contributed by atoms with E-state index in [9.17, 15) is 9.18 Å². The second-order valence-corrected chi connectivity index (χ2v) is 5.20. The van der Waals surface area contributed by atoms with Crippen molar-refractivity contribution in [2.45, 2.75) is 31.7 Å². The fourth-order valence-corrected chi connectivity index (χ4v) is 2.79. The number of amides is 1. The highest BCUT2D eigenvalue weighted by Crippen LogP contribution is 2.26. The first-order valence-corrected chi connectivity index (χ1v) is 6.98. The Morgan fingerprint density at radius 2 is 2.26 bits per heavy atom. The fraction of sp³-hybridized carbons (Fsp3) is 0.500. The normalized spacial score (nSPS) is 19.5. The van der Waals surface area contributed by atoms with E-state index in [-0.39, 0.29) is 22.5 Å². The van der Waals surface area contributed by atoms with E-state index in [2.05, 4.69) is 0 Å². The zero-order valence-corrected chi connectivity index (χ0v) is 11.5. The van der Waals surface area contributed by atoms with Gasteiger partial charge in [0.15, 0.2) is 0 Å². The van der Waals surface area contributed by atoms with Crippen LogP contribution in [0.4, 0.5) is 4.39 Å². The number of hydrogen-bond acceptors (Lipinski definition) is 2. The van der Waals surface area contributed by atoms with E-state index in [4.69, 9.17) is 17.3 Å². The number of rotatable bonds is 3. The van der Waals surface area contributed by atoms with Gasteiger partial charge >= 0.3 is 0 Å². The summed E-state index contributed by atoms with van der Waals surface area (Å²) in [6, 6.07) is 4.48. The molecule has 0 unspecified atom stereocenters. The van der Waals surface area contributed by atoms with Crippen LogP contribution in [-0.4, -0.2) is 29.9 Å². The van der Waals surface area contributed by atoms with E-state index in [1.54, 1.807) is 11.0 Å². The van der Waals surface area contributed by atoms with Crippen LogP contribution in [0.2, 0.25) is 5.02 Å². The highest BCUT2D eigenvalue weighted by Gasteiger charge is 2.28. The Morgan fingerprint density at radius 3 is 3.00 bits per heavy atom. The maximum absolute atomic E-state index is 13.4. The van der Waals surface area contributed by atoms with Crippen molar-refractivity contribution >= 4 is 17.5 Å². The molecular formula is C14H18ClFN2O. The molecule has 19 heavy (non-hydrogen) atoms. The average molecular weight is 285 g/mol. The summed E-state index contributed by atoms with van der Waals surface area (Å²) in [7, 11) is 0. The molecule has 5 heteroatoms. The molecule has 1 aliphatic heterocycles. The predicted octanol–water partition coefficient (Wildman–Crippen LogP) is 2.82. The Balaban J connectivity index is 2.23. The summed E-state index contributed by atoms with van der Waals surface area (Å²) in [5.74, 6) is -0.748. The van der Waals surface area contributed by atoms with Crippen molar-refractivity contribution in [1.29, 1.82) is 0 Å². The number of nitrogens with zero attached hydrogens (tertiary/aromatic N) is 1. The molecule has 0 spiro atoms. The van der Waals surface area contributed by atoms with E-state index in [1.165, 1.54) is 12.1 Å². The first-order valence-electron chi connectivity index (χ1n) is 6.60. The van der Waals surface area contributed by atoms with E-state index in [0.717, 1.165) is 25.7 Å². The van der Waals surface area contributed by atoms with Crippen LogP contribution in [0.5, 0.6) is 0 Å². The van der Waals surface area contributed by atoms with Crippen LogP contribution < -0.4 is 5.73 Å². The van der Waals surface area contributed by atoms with Gasteiger partial charge in [0.2, 0.25) is 0 Å². The Kier molecular flexibility index (Phi) is 4.77. The Labute approximate surface area is 117 Å². The maximum Gasteiger partial charge on any atom is 0.255 e. The fourth-order valence-electron chi connectivity index (χ4n) is 2.58. The van der Waals surface area contributed by atoms with Gasteiger partial charge in [0.05, 0.1) is 10.6 Å². The molecule has 0 aliphatic carbocycles. The van der Waals surface area contributed by atoms with Crippen LogP contribution in [0.25, 0.3) is 0 Å². The van der Waals surface area contributed by atoms with Gasteiger partial charge < -0.3 is 10.6 Å². The predicted molar refractivity (Wildman–Crippen MR) is 73.8 cm³/mol. The minimum atomic E-state index is -0.556. The summed E-state index contributed by atoms with van der Waals surface area (Å²) < 4.78 is 13.4. The summed E-state index contributed by atoms with van der Waals surface area (Å²) in [5, 5.41) is -0.0930. The number of likely N-dealkylation sites (tertiary alicyclic amines) is 1. The van der Waals surface area contributed by atoms with E-state index >= 15 is 0 Å². The summed E-state index contributed by atoms with van der Waals surface area (Å²) in [6.07, 6.45) is 3.81. The van der Waals surface area contributed by atoms with Crippen LogP contribution >= 0.6 is 11.6 Å². The van der Waals surface area contributed by atoms with E-state index < -0.39 is 5.82 Å². The van der Waals surface area contributed by atoms with Crippen molar-refractivity contribution < 1.29 is 9.18 Å². The van der Waals surface area contributed by atoms with Gasteiger partial charge in [-0.1, -0.05) is 17.7 Å². The molecule has 1 aromatic rings. The Morgan fingerprint density at radius 1 is 1.47 bits per heavy atom. The summed E-state index contributed by atoms with van der Waals surface area (Å²) in [6.45, 7) is 1.24. The smallest absolute Gasteiger partial charge is 0.255 e. The third-order valence-electron chi connectivity index (χ3n) is 3.57. The quantitative estimate of drug-likeness (QED) is 0.928. The number of carbonyl (C=O) groups is 1. The first kappa shape index (κ1) is 14.3. The molecule has 1 aromatic carbocycles. The molecule has 0 bridgehead atoms. The highest BCUT2D eigenvalue weighted by molar-refractivity contribution is 6.34. The van der Waals surface area contributed by atoms with Crippen LogP contribution in [0.3, 0.4) is 0 Å². The van der Waals surface area contributed by atoms with E-state index in [1.807, 2.05) is 0 Å². The number of piperidine rings is 1. The van der Waals surface area contributed by atoms with Gasteiger partial charge in [-0.3, -0.25) is 4.79 Å². The number of carbonyl (C=O) groups excluding carboxylic acids is 1. The zero-order chi connectivity index (χ0) is 13.8. The van der Waals surface area contributed by atoms with Gasteiger partial charge in [-0.15, -0.1) is 0 Å². The first-order chi connectivity index (χ1) is 9.15. The molecule has 2 N–H and O–H groups in total. The van der Waals surface area contributed by atoms with Gasteiger partial charge in [0.25, 0.3) is 5.91 Å². The third-order valence-corrected chi connectivity index (χ3v) is 3.95. The van der Waals surface area contributed by atoms with Gasteiger partial charge in [-0.05, 0) is 44.4 Å². The molecule has 1 aliphatic rings. The minimum Gasteiger partial charge on any atom is -0.336 e. The monoisotopic (exact) mass is 284 g/mol. The lowest BCUT2D eigenvalue weighted by Crippen LogP contribution is -2.44. The third kappa shape index (κ3) is 3.07. The van der Waals surface area contributed by atoms with Crippen molar-refractivity contribution in [3.8, 4) is 0 Å². The van der Waals surface area contributed by atoms with Gasteiger partial charge in [0, 0.05) is 12.6 Å². The lowest BCUT2D eigenvalue weighted by Gasteiger charge is -2.36. The van der Waals surface area contributed by atoms with Crippen LogP contribution in [-0.2, 0) is 0 Å². The summed E-state index contributed by atoms with van der Waals surface area (Å²) in [5.41, 5.74) is 5.83. The van der Waals surface area contributed by atoms with Crippen LogP contribution in [0.15, 0.2) is 18.2 Å². The molecule has 1 saturated heterocycles. The summed E-state index contributed by atoms with van der Waals surface area (Å²) in [4.78, 5) is 14.3. The van der Waals surface area contributed by atoms with Gasteiger partial charge in [-0.2, -0.15) is 0 Å². The molecule has 3 nitrogen and oxygen atoms in total. The highest BCUT2D eigenvalue weighted by atomic mass is 35.5. The SMILES string of the molecule is NCC[C@H]1CCCCN1C(=O)c1cccc(F)c1Cl. The van der Waals surface area contributed by atoms with Crippen molar-refractivity contribution in [1.82, 2.24) is 4.90 Å². The molecular weight excluding hydrogens is 267 g/mol. The number of nitrogens with two attached hydrogens (primary N) is 1. The van der Waals surface area contributed by atoms with Crippen LogP contribution in [0, 0.1) is 5.82 Å². The van der Waals surface area contributed by atoms with Gasteiger partial charge in [-0.25, -0.2) is 4.39 Å².